The number of hydrogen-bond acceptors (Lipinski definition) is 0. The summed E-state index contributed by atoms with van der Waals surface area (Å²) in [5.74, 6) is 1.00. The topological polar surface area (TPSA) is 0 Å². The molecule has 0 saturated heterocycles. The highest BCUT2D eigenvalue weighted by Crippen LogP contribution is 2.78. The Hall–Kier alpha value is -0.260. The van der Waals surface area contributed by atoms with E-state index in [9.17, 15) is 0 Å². The fraction of sp³-hybridized carbons (Fsp3) is 0.857. The maximum atomic E-state index is 4.14. The summed E-state index contributed by atoms with van der Waals surface area (Å²) in [6, 6.07) is 0. The molecule has 0 radical (unpaired) electrons. The largest absolute Gasteiger partial charge is 0.0998 e. The molecule has 0 heterocycles. The third-order valence-electron chi connectivity index (χ3n) is 6.42. The lowest BCUT2D eigenvalue weighted by atomic mass is 9.49. The minimum Gasteiger partial charge on any atom is -0.0998 e. The first-order valence-electron chi connectivity index (χ1n) is 6.08. The zero-order valence-electron chi connectivity index (χ0n) is 9.82. The maximum absolute atomic E-state index is 4.14. The van der Waals surface area contributed by atoms with Crippen molar-refractivity contribution in [2.75, 3.05) is 0 Å². The van der Waals surface area contributed by atoms with E-state index < -0.39 is 0 Å². The molecule has 2 unspecified atom stereocenters. The van der Waals surface area contributed by atoms with Crippen molar-refractivity contribution < 1.29 is 0 Å². The normalized spacial score (nSPS) is 47.1. The van der Waals surface area contributed by atoms with Gasteiger partial charge in [-0.05, 0) is 54.3 Å². The van der Waals surface area contributed by atoms with Crippen molar-refractivity contribution in [3.8, 4) is 0 Å². The Morgan fingerprint density at radius 2 is 1.86 bits per heavy atom. The molecule has 0 aromatic heterocycles. The minimum atomic E-state index is 0.591. The monoisotopic (exact) mass is 190 g/mol. The second-order valence-electron chi connectivity index (χ2n) is 6.88. The summed E-state index contributed by atoms with van der Waals surface area (Å²) >= 11 is 0. The van der Waals surface area contributed by atoms with Gasteiger partial charge < -0.3 is 0 Å². The van der Waals surface area contributed by atoms with Gasteiger partial charge in [0, 0.05) is 0 Å². The zero-order valence-corrected chi connectivity index (χ0v) is 9.82. The predicted octanol–water partition coefficient (Wildman–Crippen LogP) is 4.17. The van der Waals surface area contributed by atoms with Gasteiger partial charge in [0.25, 0.3) is 0 Å². The lowest BCUT2D eigenvalue weighted by molar-refractivity contribution is -0.0171. The molecule has 1 spiro atoms. The van der Waals surface area contributed by atoms with Crippen LogP contribution in [0.15, 0.2) is 12.2 Å². The number of allylic oxidation sites excluding steroid dienone is 1. The lowest BCUT2D eigenvalue weighted by Gasteiger charge is -2.55. The van der Waals surface area contributed by atoms with Crippen LogP contribution in [-0.2, 0) is 0 Å². The fourth-order valence-corrected chi connectivity index (χ4v) is 5.04. The van der Waals surface area contributed by atoms with Crippen LogP contribution in [0.1, 0.15) is 52.9 Å². The fourth-order valence-electron chi connectivity index (χ4n) is 5.04. The van der Waals surface area contributed by atoms with Gasteiger partial charge in [-0.25, -0.2) is 0 Å². The Morgan fingerprint density at radius 3 is 2.21 bits per heavy atom. The molecule has 3 fully saturated rings. The summed E-state index contributed by atoms with van der Waals surface area (Å²) < 4.78 is 0. The molecule has 14 heavy (non-hydrogen) atoms. The lowest BCUT2D eigenvalue weighted by Crippen LogP contribution is -2.46. The quantitative estimate of drug-likeness (QED) is 0.503. The Labute approximate surface area is 87.8 Å². The van der Waals surface area contributed by atoms with E-state index in [0.717, 1.165) is 5.92 Å². The minimum absolute atomic E-state index is 0.591. The molecule has 0 N–H and O–H groups in total. The number of rotatable bonds is 0. The predicted molar refractivity (Wildman–Crippen MR) is 60.0 cm³/mol. The van der Waals surface area contributed by atoms with Crippen LogP contribution in [-0.4, -0.2) is 0 Å². The molecule has 0 heteroatoms. The van der Waals surface area contributed by atoms with Crippen molar-refractivity contribution in [2.24, 2.45) is 22.2 Å². The molecule has 0 aromatic rings. The second-order valence-corrected chi connectivity index (χ2v) is 6.88. The van der Waals surface area contributed by atoms with Gasteiger partial charge in [0.05, 0.1) is 0 Å². The van der Waals surface area contributed by atoms with Crippen LogP contribution >= 0.6 is 0 Å². The summed E-state index contributed by atoms with van der Waals surface area (Å²) in [4.78, 5) is 0. The molecule has 2 bridgehead atoms. The molecule has 3 aliphatic carbocycles. The molecule has 78 valence electrons. The smallest absolute Gasteiger partial charge is 0.0161 e. The van der Waals surface area contributed by atoms with Gasteiger partial charge in [0.2, 0.25) is 0 Å². The van der Waals surface area contributed by atoms with Crippen molar-refractivity contribution in [1.29, 1.82) is 0 Å². The van der Waals surface area contributed by atoms with E-state index in [1.807, 2.05) is 0 Å². The molecule has 0 amide bonds. The zero-order chi connectivity index (χ0) is 10.2. The van der Waals surface area contributed by atoms with Crippen LogP contribution in [0.25, 0.3) is 0 Å². The summed E-state index contributed by atoms with van der Waals surface area (Å²) in [6.45, 7) is 11.7. The first-order valence-corrected chi connectivity index (χ1v) is 6.08. The standard InChI is InChI=1S/C14H22/c1-10-7-14(8-10)9-11-5-6-13(14,4)12(11,2)3/h11H,1,5-9H2,2-4H3. The molecule has 0 aromatic carbocycles. The van der Waals surface area contributed by atoms with E-state index in [1.165, 1.54) is 37.7 Å². The van der Waals surface area contributed by atoms with Crippen molar-refractivity contribution in [3.05, 3.63) is 12.2 Å². The van der Waals surface area contributed by atoms with E-state index in [2.05, 4.69) is 27.4 Å². The Kier molecular flexibility index (Phi) is 1.37. The van der Waals surface area contributed by atoms with Gasteiger partial charge in [0.15, 0.2) is 0 Å². The van der Waals surface area contributed by atoms with Crippen molar-refractivity contribution >= 4 is 0 Å². The third kappa shape index (κ3) is 0.677. The molecular weight excluding hydrogens is 168 g/mol. The first kappa shape index (κ1) is 9.00. The summed E-state index contributed by atoms with van der Waals surface area (Å²) in [7, 11) is 0. The van der Waals surface area contributed by atoms with Crippen molar-refractivity contribution in [2.45, 2.75) is 52.9 Å². The van der Waals surface area contributed by atoms with Crippen molar-refractivity contribution in [1.82, 2.24) is 0 Å². The molecular formula is C14H22. The summed E-state index contributed by atoms with van der Waals surface area (Å²) in [5, 5.41) is 0. The van der Waals surface area contributed by atoms with E-state index in [-0.39, 0.29) is 0 Å². The number of fused-ring (bicyclic) bond motifs is 3. The second kappa shape index (κ2) is 2.13. The highest BCUT2D eigenvalue weighted by atomic mass is 14.7. The average molecular weight is 190 g/mol. The molecule has 3 saturated carbocycles. The van der Waals surface area contributed by atoms with Gasteiger partial charge in [-0.2, -0.15) is 0 Å². The summed E-state index contributed by atoms with van der Waals surface area (Å²) in [6.07, 6.45) is 7.12. The SMILES string of the molecule is C=C1CC2(C1)CC1CCC2(C)C1(C)C. The molecule has 0 aliphatic heterocycles. The molecule has 3 aliphatic rings. The van der Waals surface area contributed by atoms with E-state index in [4.69, 9.17) is 0 Å². The van der Waals surface area contributed by atoms with Crippen LogP contribution < -0.4 is 0 Å². The Morgan fingerprint density at radius 1 is 1.21 bits per heavy atom. The highest BCUT2D eigenvalue weighted by molar-refractivity contribution is 5.28. The van der Waals surface area contributed by atoms with Gasteiger partial charge >= 0.3 is 0 Å². The maximum Gasteiger partial charge on any atom is -0.0161 e. The molecule has 2 atom stereocenters. The van der Waals surface area contributed by atoms with E-state index >= 15 is 0 Å². The number of hydrogen-bond donors (Lipinski definition) is 0. The molecule has 3 rings (SSSR count). The van der Waals surface area contributed by atoms with Crippen LogP contribution in [0.3, 0.4) is 0 Å². The Balaban J connectivity index is 2.04. The van der Waals surface area contributed by atoms with Gasteiger partial charge in [-0.15, -0.1) is 0 Å². The van der Waals surface area contributed by atoms with Crippen LogP contribution in [0.5, 0.6) is 0 Å². The first-order chi connectivity index (χ1) is 6.41. The Bertz CT molecular complexity index is 302. The van der Waals surface area contributed by atoms with Crippen LogP contribution in [0.4, 0.5) is 0 Å². The summed E-state index contributed by atoms with van der Waals surface area (Å²) in [5.41, 5.74) is 3.39. The highest BCUT2D eigenvalue weighted by Gasteiger charge is 2.70. The van der Waals surface area contributed by atoms with Gasteiger partial charge in [-0.1, -0.05) is 32.9 Å². The van der Waals surface area contributed by atoms with Crippen LogP contribution in [0.2, 0.25) is 0 Å². The van der Waals surface area contributed by atoms with E-state index in [1.54, 1.807) is 0 Å². The molecule has 0 nitrogen and oxygen atoms in total. The third-order valence-corrected chi connectivity index (χ3v) is 6.42. The van der Waals surface area contributed by atoms with Gasteiger partial charge in [0.1, 0.15) is 0 Å². The van der Waals surface area contributed by atoms with Crippen LogP contribution in [0, 0.1) is 22.2 Å². The van der Waals surface area contributed by atoms with E-state index in [0.29, 0.717) is 16.2 Å². The van der Waals surface area contributed by atoms with Crippen molar-refractivity contribution in [3.63, 3.8) is 0 Å². The van der Waals surface area contributed by atoms with Gasteiger partial charge in [-0.3, -0.25) is 0 Å². The average Bonchev–Trinajstić information content (AvgIpc) is 2.34.